The Morgan fingerprint density at radius 2 is 1.76 bits per heavy atom. The van der Waals surface area contributed by atoms with Crippen LogP contribution in [0.25, 0.3) is 0 Å². The first-order valence-electron chi connectivity index (χ1n) is 18.3. The van der Waals surface area contributed by atoms with E-state index >= 15 is 4.39 Å². The fourth-order valence-corrected chi connectivity index (χ4v) is 8.78. The molecule has 55 heavy (non-hydrogen) atoms. The van der Waals surface area contributed by atoms with E-state index in [0.29, 0.717) is 45.1 Å². The number of hydrogen-bond acceptors (Lipinski definition) is 11. The molecule has 5 amide bonds. The summed E-state index contributed by atoms with van der Waals surface area (Å²) in [7, 11) is -4.14. The minimum absolute atomic E-state index is 0.0330. The monoisotopic (exact) mass is 784 g/mol. The number of carbonyl (C=O) groups excluding carboxylic acids is 5. The Balaban J connectivity index is 1.36. The molecule has 5 aliphatic rings. The number of nitrogens with one attached hydrogen (secondary N) is 2. The molecular weight excluding hydrogens is 740 g/mol. The van der Waals surface area contributed by atoms with E-state index in [1.807, 2.05) is 9.62 Å². The number of rotatable bonds is 7. The fraction of sp³-hybridized carbons (Fsp3) is 0.541. The summed E-state index contributed by atoms with van der Waals surface area (Å²) in [5.41, 5.74) is 2.36. The number of amides is 5. The molecule has 0 bridgehead atoms. The van der Waals surface area contributed by atoms with E-state index in [0.717, 1.165) is 16.3 Å². The Morgan fingerprint density at radius 1 is 1.05 bits per heavy atom. The largest absolute Gasteiger partial charge is 0.465 e. The smallest absolute Gasteiger partial charge is 0.426 e. The van der Waals surface area contributed by atoms with Gasteiger partial charge in [0.2, 0.25) is 15.9 Å². The Kier molecular flexibility index (Phi) is 11.0. The van der Waals surface area contributed by atoms with Crippen molar-refractivity contribution in [1.82, 2.24) is 25.0 Å². The molecule has 3 aliphatic heterocycles. The molecule has 6 rings (SSSR count). The van der Waals surface area contributed by atoms with Crippen molar-refractivity contribution in [2.45, 2.75) is 108 Å². The van der Waals surface area contributed by atoms with E-state index in [9.17, 15) is 42.3 Å². The maximum Gasteiger partial charge on any atom is 0.426 e. The number of benzene rings is 1. The molecule has 3 N–H and O–H groups in total. The number of sulfonamides is 1. The van der Waals surface area contributed by atoms with Gasteiger partial charge >= 0.3 is 12.2 Å². The van der Waals surface area contributed by atoms with E-state index in [-0.39, 0.29) is 53.7 Å². The first kappa shape index (κ1) is 39.7. The SMILES string of the molecule is C=CC(=O)C1CCN(NC(=O)OC(C)(C)C)C(=O)CC[C@H](c2ccc3c(c2F)C(=O)N(C(=O)O)[C@H]3C(=O)NS(=O)(=O)C2CC2)N2CCC[C@H]2/C=N\C2=C(C2)C1. The van der Waals surface area contributed by atoms with Crippen molar-refractivity contribution in [1.29, 1.82) is 0 Å². The van der Waals surface area contributed by atoms with E-state index < -0.39 is 80.2 Å². The van der Waals surface area contributed by atoms with Crippen LogP contribution in [0, 0.1) is 11.7 Å². The van der Waals surface area contributed by atoms with Crippen molar-refractivity contribution < 1.29 is 51.4 Å². The number of hydrogen-bond donors (Lipinski definition) is 3. The number of nitrogens with zero attached hydrogens (tertiary/aromatic N) is 4. The third kappa shape index (κ3) is 8.64. The Morgan fingerprint density at radius 3 is 2.42 bits per heavy atom. The van der Waals surface area contributed by atoms with Crippen molar-refractivity contribution in [2.24, 2.45) is 10.9 Å². The highest BCUT2D eigenvalue weighted by Gasteiger charge is 2.50. The lowest BCUT2D eigenvalue weighted by Crippen LogP contribution is -2.49. The van der Waals surface area contributed by atoms with Crippen LogP contribution < -0.4 is 10.1 Å². The van der Waals surface area contributed by atoms with Crippen LogP contribution in [0.3, 0.4) is 0 Å². The van der Waals surface area contributed by atoms with Gasteiger partial charge in [-0.1, -0.05) is 18.7 Å². The number of fused-ring (bicyclic) bond motifs is 2. The van der Waals surface area contributed by atoms with Gasteiger partial charge in [0.05, 0.1) is 10.8 Å². The lowest BCUT2D eigenvalue weighted by atomic mass is 9.93. The summed E-state index contributed by atoms with van der Waals surface area (Å²) >= 11 is 0. The van der Waals surface area contributed by atoms with Gasteiger partial charge in [-0.3, -0.25) is 38.8 Å². The van der Waals surface area contributed by atoms with Gasteiger partial charge in [-0.05, 0) is 83.9 Å². The molecule has 1 unspecified atom stereocenters. The number of ether oxygens (including phenoxy) is 1. The van der Waals surface area contributed by atoms with Crippen LogP contribution in [-0.2, 0) is 29.1 Å². The number of imide groups is 1. The molecule has 1 saturated carbocycles. The molecule has 1 aromatic rings. The second kappa shape index (κ2) is 15.3. The number of carboxylic acid groups (broad SMARTS) is 1. The van der Waals surface area contributed by atoms with E-state index in [4.69, 9.17) is 9.73 Å². The molecule has 1 saturated heterocycles. The van der Waals surface area contributed by atoms with Crippen molar-refractivity contribution in [3.63, 3.8) is 0 Å². The zero-order valence-corrected chi connectivity index (χ0v) is 31.7. The van der Waals surface area contributed by atoms with Gasteiger partial charge in [0.1, 0.15) is 17.5 Å². The number of halogens is 1. The summed E-state index contributed by atoms with van der Waals surface area (Å²) in [6.07, 6.45) is 3.08. The van der Waals surface area contributed by atoms with Gasteiger partial charge in [-0.15, -0.1) is 0 Å². The second-order valence-electron chi connectivity index (χ2n) is 15.5. The molecule has 0 radical (unpaired) electrons. The summed E-state index contributed by atoms with van der Waals surface area (Å²) < 4.78 is 49.3. The average Bonchev–Trinajstić information content (AvgIpc) is 4.02. The molecule has 0 aromatic heterocycles. The third-order valence-electron chi connectivity index (χ3n) is 10.4. The number of carbonyl (C=O) groups is 6. The van der Waals surface area contributed by atoms with Crippen LogP contribution in [0.2, 0.25) is 0 Å². The molecule has 1 aromatic carbocycles. The summed E-state index contributed by atoms with van der Waals surface area (Å²) in [6.45, 7) is 9.00. The fourth-order valence-electron chi connectivity index (χ4n) is 7.47. The number of ketones is 1. The van der Waals surface area contributed by atoms with Crippen LogP contribution in [0.15, 0.2) is 41.1 Å². The Labute approximate surface area is 317 Å². The molecule has 4 atom stereocenters. The first-order chi connectivity index (χ1) is 25.9. The number of hydrazine groups is 1. The quantitative estimate of drug-likeness (QED) is 0.336. The topological polar surface area (TPSA) is 212 Å². The molecule has 296 valence electrons. The average molecular weight is 785 g/mol. The predicted octanol–water partition coefficient (Wildman–Crippen LogP) is 4.06. The highest BCUT2D eigenvalue weighted by atomic mass is 32.2. The number of allylic oxidation sites excluding steroid dienone is 3. The predicted molar refractivity (Wildman–Crippen MR) is 194 cm³/mol. The van der Waals surface area contributed by atoms with Gasteiger partial charge < -0.3 is 9.84 Å². The lowest BCUT2D eigenvalue weighted by molar-refractivity contribution is -0.135. The minimum atomic E-state index is -4.14. The van der Waals surface area contributed by atoms with E-state index in [1.54, 1.807) is 27.0 Å². The van der Waals surface area contributed by atoms with Crippen LogP contribution in [-0.4, -0.2) is 100 Å². The van der Waals surface area contributed by atoms with Gasteiger partial charge in [-0.2, -0.15) is 0 Å². The van der Waals surface area contributed by atoms with E-state index in [1.165, 1.54) is 18.2 Å². The lowest BCUT2D eigenvalue weighted by Gasteiger charge is -2.33. The molecular formula is C37H45FN6O10S. The second-order valence-corrected chi connectivity index (χ2v) is 17.4. The van der Waals surface area contributed by atoms with Crippen LogP contribution >= 0.6 is 0 Å². The standard InChI is InChI=1S/C37H45FN6O10S/c1-5-28(45)20-14-16-43(40-35(49)54-37(2,3)4)29(46)13-12-27(42-15-6-7-22(42)19-39-26-18-21(26)17-20)24-10-11-25-30(31(24)38)34(48)44(36(50)51)32(25)33(47)41-55(52,53)23-8-9-23/h5,10-11,19-20,22-23,27,32H,1,6-9,12-18H2,2-4H3,(H,40,49)(H,41,47)(H,50,51)/b39-19-/t20?,22-,27+,32+/m0/s1. The normalized spacial score (nSPS) is 25.5. The highest BCUT2D eigenvalue weighted by molar-refractivity contribution is 7.90. The molecule has 18 heteroatoms. The van der Waals surface area contributed by atoms with Crippen LogP contribution in [0.4, 0.5) is 14.0 Å². The van der Waals surface area contributed by atoms with Crippen molar-refractivity contribution in [2.75, 3.05) is 13.1 Å². The van der Waals surface area contributed by atoms with Gasteiger partial charge in [-0.25, -0.2) is 32.7 Å². The van der Waals surface area contributed by atoms with Crippen LogP contribution in [0.5, 0.6) is 0 Å². The summed E-state index contributed by atoms with van der Waals surface area (Å²) in [5.74, 6) is -5.04. The molecule has 3 heterocycles. The Hall–Kier alpha value is -4.97. The summed E-state index contributed by atoms with van der Waals surface area (Å²) in [4.78, 5) is 85.6. The zero-order valence-electron chi connectivity index (χ0n) is 30.9. The van der Waals surface area contributed by atoms with E-state index in [2.05, 4.69) is 12.0 Å². The van der Waals surface area contributed by atoms with Crippen molar-refractivity contribution >= 4 is 51.9 Å². The third-order valence-corrected chi connectivity index (χ3v) is 12.2. The Bertz CT molecular complexity index is 2010. The highest BCUT2D eigenvalue weighted by Crippen LogP contribution is 2.43. The van der Waals surface area contributed by atoms with Crippen molar-refractivity contribution in [3.8, 4) is 0 Å². The summed E-state index contributed by atoms with van der Waals surface area (Å²) in [5, 5.41) is 10.2. The van der Waals surface area contributed by atoms with Gasteiger partial charge in [0.25, 0.3) is 11.8 Å². The van der Waals surface area contributed by atoms with Gasteiger partial charge in [0.15, 0.2) is 5.78 Å². The minimum Gasteiger partial charge on any atom is -0.465 e. The summed E-state index contributed by atoms with van der Waals surface area (Å²) in [6, 6.07) is -0.594. The van der Waals surface area contributed by atoms with Crippen molar-refractivity contribution in [3.05, 3.63) is 58.6 Å². The molecule has 2 fully saturated rings. The maximum absolute atomic E-state index is 16.9. The van der Waals surface area contributed by atoms with Gasteiger partial charge in [0, 0.05) is 60.4 Å². The molecule has 0 spiro atoms. The number of aliphatic imine (C=N–C) groups is 1. The maximum atomic E-state index is 16.9. The first-order valence-corrected chi connectivity index (χ1v) is 19.9. The van der Waals surface area contributed by atoms with Crippen LogP contribution in [0.1, 0.15) is 112 Å². The molecule has 16 nitrogen and oxygen atoms in total. The zero-order chi connectivity index (χ0) is 40.0. The molecule has 2 aliphatic carbocycles.